The topological polar surface area (TPSA) is 42.4 Å². The standard InChI is InChI=1S/C15H19NO2S/c1-11(2)14-8-12(10-17)9-15(16-14)18-6-5-13-4-3-7-19-13/h3-4,7-9,11,17H,5-6,10H2,1-2H3. The van der Waals surface area contributed by atoms with Crippen molar-refractivity contribution in [2.45, 2.75) is 32.8 Å². The van der Waals surface area contributed by atoms with E-state index in [1.54, 1.807) is 17.4 Å². The third kappa shape index (κ3) is 4.04. The molecule has 0 spiro atoms. The monoisotopic (exact) mass is 277 g/mol. The fraction of sp³-hybridized carbons (Fsp3) is 0.400. The van der Waals surface area contributed by atoms with Gasteiger partial charge in [-0.3, -0.25) is 0 Å². The number of hydrogen-bond acceptors (Lipinski definition) is 4. The van der Waals surface area contributed by atoms with Crippen LogP contribution in [0, 0.1) is 0 Å². The average molecular weight is 277 g/mol. The summed E-state index contributed by atoms with van der Waals surface area (Å²) in [6, 6.07) is 7.88. The summed E-state index contributed by atoms with van der Waals surface area (Å²) >= 11 is 1.73. The molecule has 0 atom stereocenters. The highest BCUT2D eigenvalue weighted by atomic mass is 32.1. The van der Waals surface area contributed by atoms with Gasteiger partial charge in [-0.1, -0.05) is 19.9 Å². The van der Waals surface area contributed by atoms with Gasteiger partial charge in [-0.25, -0.2) is 4.98 Å². The lowest BCUT2D eigenvalue weighted by Crippen LogP contribution is -2.04. The fourth-order valence-electron chi connectivity index (χ4n) is 1.75. The molecule has 3 nitrogen and oxygen atoms in total. The van der Waals surface area contributed by atoms with Crippen LogP contribution in [-0.4, -0.2) is 16.7 Å². The minimum absolute atomic E-state index is 0.0174. The highest BCUT2D eigenvalue weighted by Gasteiger charge is 2.07. The molecule has 2 rings (SSSR count). The first-order chi connectivity index (χ1) is 9.19. The van der Waals surface area contributed by atoms with Crippen LogP contribution in [0.25, 0.3) is 0 Å². The fourth-order valence-corrected chi connectivity index (χ4v) is 2.44. The van der Waals surface area contributed by atoms with Crippen LogP contribution in [0.15, 0.2) is 29.6 Å². The smallest absolute Gasteiger partial charge is 0.213 e. The molecule has 0 saturated heterocycles. The summed E-state index contributed by atoms with van der Waals surface area (Å²) < 4.78 is 5.70. The van der Waals surface area contributed by atoms with Crippen molar-refractivity contribution in [1.29, 1.82) is 0 Å². The number of aromatic nitrogens is 1. The van der Waals surface area contributed by atoms with Crippen LogP contribution in [0.2, 0.25) is 0 Å². The third-order valence-electron chi connectivity index (χ3n) is 2.83. The molecular formula is C15H19NO2S. The molecule has 0 aliphatic rings. The van der Waals surface area contributed by atoms with Gasteiger partial charge in [-0.15, -0.1) is 11.3 Å². The normalized spacial score (nSPS) is 10.9. The number of ether oxygens (including phenoxy) is 1. The zero-order valence-electron chi connectivity index (χ0n) is 11.3. The Morgan fingerprint density at radius 3 is 2.84 bits per heavy atom. The Bertz CT molecular complexity index is 509. The predicted octanol–water partition coefficient (Wildman–Crippen LogP) is 3.38. The number of rotatable bonds is 6. The van der Waals surface area contributed by atoms with Gasteiger partial charge >= 0.3 is 0 Å². The molecule has 0 aliphatic heterocycles. The summed E-state index contributed by atoms with van der Waals surface area (Å²) in [7, 11) is 0. The molecular weight excluding hydrogens is 258 g/mol. The van der Waals surface area contributed by atoms with Crippen LogP contribution in [-0.2, 0) is 13.0 Å². The molecule has 0 amide bonds. The second-order valence-electron chi connectivity index (χ2n) is 4.73. The van der Waals surface area contributed by atoms with E-state index in [1.165, 1.54) is 4.88 Å². The lowest BCUT2D eigenvalue weighted by Gasteiger charge is -2.11. The van der Waals surface area contributed by atoms with E-state index in [-0.39, 0.29) is 6.61 Å². The van der Waals surface area contributed by atoms with E-state index in [9.17, 15) is 5.11 Å². The summed E-state index contributed by atoms with van der Waals surface area (Å²) in [5.41, 5.74) is 1.81. The largest absolute Gasteiger partial charge is 0.477 e. The Morgan fingerprint density at radius 2 is 2.21 bits per heavy atom. The highest BCUT2D eigenvalue weighted by Crippen LogP contribution is 2.19. The molecule has 0 aliphatic carbocycles. The Labute approximate surface area is 117 Å². The van der Waals surface area contributed by atoms with Crippen LogP contribution >= 0.6 is 11.3 Å². The molecule has 19 heavy (non-hydrogen) atoms. The lowest BCUT2D eigenvalue weighted by atomic mass is 10.1. The molecule has 0 aromatic carbocycles. The second kappa shape index (κ2) is 6.68. The quantitative estimate of drug-likeness (QED) is 0.880. The molecule has 4 heteroatoms. The number of hydrogen-bond donors (Lipinski definition) is 1. The maximum absolute atomic E-state index is 9.26. The molecule has 2 aromatic rings. The van der Waals surface area contributed by atoms with E-state index in [2.05, 4.69) is 30.3 Å². The third-order valence-corrected chi connectivity index (χ3v) is 3.77. The average Bonchev–Trinajstić information content (AvgIpc) is 2.91. The van der Waals surface area contributed by atoms with Crippen molar-refractivity contribution >= 4 is 11.3 Å². The van der Waals surface area contributed by atoms with Gasteiger partial charge < -0.3 is 9.84 Å². The number of aliphatic hydroxyl groups excluding tert-OH is 1. The van der Waals surface area contributed by atoms with Crippen LogP contribution in [0.4, 0.5) is 0 Å². The predicted molar refractivity (Wildman–Crippen MR) is 77.8 cm³/mol. The first-order valence-corrected chi connectivity index (χ1v) is 7.34. The van der Waals surface area contributed by atoms with Crippen molar-refractivity contribution < 1.29 is 9.84 Å². The molecule has 2 heterocycles. The van der Waals surface area contributed by atoms with Gasteiger partial charge in [-0.05, 0) is 29.0 Å². The minimum atomic E-state index is 0.0174. The molecule has 0 bridgehead atoms. The van der Waals surface area contributed by atoms with Crippen LogP contribution in [0.1, 0.15) is 35.9 Å². The van der Waals surface area contributed by atoms with E-state index in [0.29, 0.717) is 18.4 Å². The molecule has 1 N–H and O–H groups in total. The molecule has 0 saturated carbocycles. The van der Waals surface area contributed by atoms with Gasteiger partial charge in [0.15, 0.2) is 0 Å². The van der Waals surface area contributed by atoms with Gasteiger partial charge in [0.2, 0.25) is 5.88 Å². The summed E-state index contributed by atoms with van der Waals surface area (Å²) in [5, 5.41) is 11.3. The maximum Gasteiger partial charge on any atom is 0.213 e. The number of nitrogens with zero attached hydrogens (tertiary/aromatic N) is 1. The van der Waals surface area contributed by atoms with Gasteiger partial charge in [-0.2, -0.15) is 0 Å². The van der Waals surface area contributed by atoms with Crippen molar-refractivity contribution in [3.63, 3.8) is 0 Å². The molecule has 0 fully saturated rings. The SMILES string of the molecule is CC(C)c1cc(CO)cc(OCCc2cccs2)n1. The summed E-state index contributed by atoms with van der Waals surface area (Å²) in [4.78, 5) is 5.78. The van der Waals surface area contributed by atoms with Gasteiger partial charge in [0.25, 0.3) is 0 Å². The lowest BCUT2D eigenvalue weighted by molar-refractivity contribution is 0.277. The Balaban J connectivity index is 2.00. The van der Waals surface area contributed by atoms with Gasteiger partial charge in [0, 0.05) is 23.1 Å². The van der Waals surface area contributed by atoms with Crippen LogP contribution in [0.5, 0.6) is 5.88 Å². The first kappa shape index (κ1) is 14.0. The van der Waals surface area contributed by atoms with Crippen molar-refractivity contribution in [2.75, 3.05) is 6.61 Å². The van der Waals surface area contributed by atoms with Crippen LogP contribution < -0.4 is 4.74 Å². The van der Waals surface area contributed by atoms with E-state index in [4.69, 9.17) is 4.74 Å². The second-order valence-corrected chi connectivity index (χ2v) is 5.76. The summed E-state index contributed by atoms with van der Waals surface area (Å²) in [6.45, 7) is 4.79. The van der Waals surface area contributed by atoms with Crippen molar-refractivity contribution in [3.8, 4) is 5.88 Å². The Morgan fingerprint density at radius 1 is 1.37 bits per heavy atom. The zero-order chi connectivity index (χ0) is 13.7. The highest BCUT2D eigenvalue weighted by molar-refractivity contribution is 7.09. The van der Waals surface area contributed by atoms with Crippen molar-refractivity contribution in [2.24, 2.45) is 0 Å². The number of aliphatic hydroxyl groups is 1. The summed E-state index contributed by atoms with van der Waals surface area (Å²) in [5.74, 6) is 0.929. The molecule has 2 aromatic heterocycles. The minimum Gasteiger partial charge on any atom is -0.477 e. The maximum atomic E-state index is 9.26. The Kier molecular flexibility index (Phi) is 4.93. The first-order valence-electron chi connectivity index (χ1n) is 6.46. The molecule has 102 valence electrons. The number of thiophene rings is 1. The zero-order valence-corrected chi connectivity index (χ0v) is 12.1. The van der Waals surface area contributed by atoms with Crippen LogP contribution in [0.3, 0.4) is 0 Å². The molecule has 0 unspecified atom stereocenters. The van der Waals surface area contributed by atoms with Crippen molar-refractivity contribution in [3.05, 3.63) is 45.8 Å². The Hall–Kier alpha value is -1.39. The van der Waals surface area contributed by atoms with E-state index >= 15 is 0 Å². The van der Waals surface area contributed by atoms with E-state index in [0.717, 1.165) is 17.7 Å². The molecule has 0 radical (unpaired) electrons. The number of pyridine rings is 1. The van der Waals surface area contributed by atoms with Gasteiger partial charge in [0.1, 0.15) is 0 Å². The van der Waals surface area contributed by atoms with Gasteiger partial charge in [0.05, 0.1) is 13.2 Å². The summed E-state index contributed by atoms with van der Waals surface area (Å²) in [6.07, 6.45) is 0.889. The van der Waals surface area contributed by atoms with Crippen molar-refractivity contribution in [1.82, 2.24) is 4.98 Å². The van der Waals surface area contributed by atoms with E-state index in [1.807, 2.05) is 12.1 Å². The van der Waals surface area contributed by atoms with E-state index < -0.39 is 0 Å².